The second kappa shape index (κ2) is 8.60. The molecule has 0 N–H and O–H groups in total. The molecule has 5 heteroatoms. The molecule has 0 bridgehead atoms. The predicted octanol–water partition coefficient (Wildman–Crippen LogP) is 4.16. The maximum atomic E-state index is 12.6. The normalized spacial score (nSPS) is 11.7. The molecule has 4 nitrogen and oxygen atoms in total. The summed E-state index contributed by atoms with van der Waals surface area (Å²) in [7, 11) is 3.41. The van der Waals surface area contributed by atoms with Crippen LogP contribution in [0.25, 0.3) is 0 Å². The van der Waals surface area contributed by atoms with Crippen molar-refractivity contribution in [1.82, 2.24) is 4.90 Å². The van der Waals surface area contributed by atoms with E-state index in [1.807, 2.05) is 31.2 Å². The summed E-state index contributed by atoms with van der Waals surface area (Å²) in [5.41, 5.74) is 1.04. The third-order valence-corrected chi connectivity index (χ3v) is 3.95. The Balaban J connectivity index is 1.99. The van der Waals surface area contributed by atoms with E-state index < -0.39 is 6.10 Å². The van der Waals surface area contributed by atoms with Crippen molar-refractivity contribution in [2.45, 2.75) is 26.0 Å². The summed E-state index contributed by atoms with van der Waals surface area (Å²) in [6, 6.07) is 14.7. The summed E-state index contributed by atoms with van der Waals surface area (Å²) in [6.07, 6.45) is 0.0726. The lowest BCUT2D eigenvalue weighted by molar-refractivity contribution is -0.138. The van der Waals surface area contributed by atoms with Gasteiger partial charge in [-0.3, -0.25) is 4.79 Å². The zero-order chi connectivity index (χ0) is 17.5. The first-order valence-electron chi connectivity index (χ1n) is 7.83. The van der Waals surface area contributed by atoms with Gasteiger partial charge in [-0.15, -0.1) is 0 Å². The molecule has 1 atom stereocenters. The fourth-order valence-electron chi connectivity index (χ4n) is 2.31. The summed E-state index contributed by atoms with van der Waals surface area (Å²) in [4.78, 5) is 14.3. The van der Waals surface area contributed by atoms with E-state index >= 15 is 0 Å². The molecular formula is C19H22ClNO3. The molecule has 0 fully saturated rings. The van der Waals surface area contributed by atoms with Crippen LogP contribution >= 0.6 is 11.6 Å². The van der Waals surface area contributed by atoms with Crippen LogP contribution in [-0.2, 0) is 11.3 Å². The van der Waals surface area contributed by atoms with Gasteiger partial charge in [-0.25, -0.2) is 0 Å². The van der Waals surface area contributed by atoms with E-state index in [4.69, 9.17) is 21.1 Å². The average molecular weight is 348 g/mol. The van der Waals surface area contributed by atoms with Gasteiger partial charge < -0.3 is 14.4 Å². The number of methoxy groups -OCH3 is 1. The summed E-state index contributed by atoms with van der Waals surface area (Å²) < 4.78 is 10.9. The Morgan fingerprint density at radius 2 is 1.67 bits per heavy atom. The van der Waals surface area contributed by atoms with Gasteiger partial charge in [0.1, 0.15) is 11.5 Å². The minimum atomic E-state index is -0.519. The van der Waals surface area contributed by atoms with Crippen molar-refractivity contribution in [3.63, 3.8) is 0 Å². The van der Waals surface area contributed by atoms with E-state index in [0.29, 0.717) is 23.7 Å². The van der Waals surface area contributed by atoms with Crippen LogP contribution in [-0.4, -0.2) is 31.1 Å². The maximum absolute atomic E-state index is 12.6. The van der Waals surface area contributed by atoms with Gasteiger partial charge >= 0.3 is 0 Å². The number of amides is 1. The molecule has 1 unspecified atom stereocenters. The summed E-state index contributed by atoms with van der Waals surface area (Å²) in [5.74, 6) is 1.38. The van der Waals surface area contributed by atoms with Gasteiger partial charge in [-0.05, 0) is 48.4 Å². The molecule has 0 heterocycles. The summed E-state index contributed by atoms with van der Waals surface area (Å²) in [6.45, 7) is 2.45. The predicted molar refractivity (Wildman–Crippen MR) is 95.6 cm³/mol. The Labute approximate surface area is 147 Å². The molecule has 0 aliphatic carbocycles. The van der Waals surface area contributed by atoms with Crippen molar-refractivity contribution in [1.29, 1.82) is 0 Å². The molecule has 24 heavy (non-hydrogen) atoms. The molecule has 0 aliphatic heterocycles. The number of carbonyl (C=O) groups excluding carboxylic acids is 1. The number of halogens is 1. The minimum absolute atomic E-state index is 0.0525. The van der Waals surface area contributed by atoms with Crippen molar-refractivity contribution in [3.05, 3.63) is 59.1 Å². The maximum Gasteiger partial charge on any atom is 0.263 e. The SMILES string of the molecule is CCC(Oc1ccc(Cl)cc1)C(=O)N(C)Cc1ccc(OC)cc1. The van der Waals surface area contributed by atoms with Gasteiger partial charge in [0.25, 0.3) is 5.91 Å². The number of carbonyl (C=O) groups is 1. The molecule has 0 saturated heterocycles. The lowest BCUT2D eigenvalue weighted by Crippen LogP contribution is -2.39. The Kier molecular flexibility index (Phi) is 6.50. The Bertz CT molecular complexity index is 655. The molecule has 1 amide bonds. The number of nitrogens with zero attached hydrogens (tertiary/aromatic N) is 1. The van der Waals surface area contributed by atoms with E-state index in [-0.39, 0.29) is 5.91 Å². The molecule has 0 spiro atoms. The highest BCUT2D eigenvalue weighted by atomic mass is 35.5. The molecule has 2 rings (SSSR count). The first kappa shape index (κ1) is 18.1. The lowest BCUT2D eigenvalue weighted by Gasteiger charge is -2.24. The van der Waals surface area contributed by atoms with Crippen LogP contribution in [0.3, 0.4) is 0 Å². The third kappa shape index (κ3) is 4.90. The van der Waals surface area contributed by atoms with E-state index in [1.54, 1.807) is 43.3 Å². The first-order chi connectivity index (χ1) is 11.5. The van der Waals surface area contributed by atoms with Gasteiger partial charge in [0.05, 0.1) is 7.11 Å². The second-order valence-electron chi connectivity index (χ2n) is 5.51. The lowest BCUT2D eigenvalue weighted by atomic mass is 10.2. The van der Waals surface area contributed by atoms with Crippen molar-refractivity contribution in [2.24, 2.45) is 0 Å². The molecule has 2 aromatic rings. The van der Waals surface area contributed by atoms with Crippen molar-refractivity contribution >= 4 is 17.5 Å². The first-order valence-corrected chi connectivity index (χ1v) is 8.21. The Morgan fingerprint density at radius 3 is 2.21 bits per heavy atom. The second-order valence-corrected chi connectivity index (χ2v) is 5.95. The average Bonchev–Trinajstić information content (AvgIpc) is 2.61. The number of ether oxygens (including phenoxy) is 2. The van der Waals surface area contributed by atoms with Crippen LogP contribution in [0.2, 0.25) is 5.02 Å². The van der Waals surface area contributed by atoms with Gasteiger partial charge in [-0.2, -0.15) is 0 Å². The van der Waals surface area contributed by atoms with Gasteiger partial charge in [0.15, 0.2) is 6.10 Å². The van der Waals surface area contributed by atoms with E-state index in [0.717, 1.165) is 11.3 Å². The number of hydrogen-bond donors (Lipinski definition) is 0. The molecular weight excluding hydrogens is 326 g/mol. The molecule has 0 aliphatic rings. The molecule has 0 radical (unpaired) electrons. The standard InChI is InChI=1S/C19H22ClNO3/c1-4-18(24-17-11-7-15(20)8-12-17)19(22)21(2)13-14-5-9-16(23-3)10-6-14/h5-12,18H,4,13H2,1-3H3. The van der Waals surface area contributed by atoms with Crippen LogP contribution in [0, 0.1) is 0 Å². The van der Waals surface area contributed by atoms with Crippen LogP contribution in [0.15, 0.2) is 48.5 Å². The van der Waals surface area contributed by atoms with Crippen LogP contribution in [0.4, 0.5) is 0 Å². The highest BCUT2D eigenvalue weighted by Crippen LogP contribution is 2.19. The number of rotatable bonds is 7. The quantitative estimate of drug-likeness (QED) is 0.754. The summed E-state index contributed by atoms with van der Waals surface area (Å²) in [5, 5.41) is 0.637. The van der Waals surface area contributed by atoms with Crippen molar-refractivity contribution in [2.75, 3.05) is 14.2 Å². The largest absolute Gasteiger partial charge is 0.497 e. The zero-order valence-corrected chi connectivity index (χ0v) is 14.9. The Morgan fingerprint density at radius 1 is 1.08 bits per heavy atom. The van der Waals surface area contributed by atoms with E-state index in [1.165, 1.54) is 0 Å². The number of hydrogen-bond acceptors (Lipinski definition) is 3. The van der Waals surface area contributed by atoms with Crippen LogP contribution < -0.4 is 9.47 Å². The molecule has 2 aromatic carbocycles. The Hall–Kier alpha value is -2.20. The van der Waals surface area contributed by atoms with E-state index in [2.05, 4.69) is 0 Å². The highest BCUT2D eigenvalue weighted by Gasteiger charge is 2.22. The van der Waals surface area contributed by atoms with Gasteiger partial charge in [0.2, 0.25) is 0 Å². The monoisotopic (exact) mass is 347 g/mol. The fourth-order valence-corrected chi connectivity index (χ4v) is 2.44. The summed E-state index contributed by atoms with van der Waals surface area (Å²) >= 11 is 5.87. The van der Waals surface area contributed by atoms with E-state index in [9.17, 15) is 4.79 Å². The topological polar surface area (TPSA) is 38.8 Å². The molecule has 0 aromatic heterocycles. The third-order valence-electron chi connectivity index (χ3n) is 3.69. The smallest absolute Gasteiger partial charge is 0.263 e. The fraction of sp³-hybridized carbons (Fsp3) is 0.316. The van der Waals surface area contributed by atoms with Crippen LogP contribution in [0.5, 0.6) is 11.5 Å². The molecule has 128 valence electrons. The van der Waals surface area contributed by atoms with Crippen molar-refractivity contribution in [3.8, 4) is 11.5 Å². The van der Waals surface area contributed by atoms with Gasteiger partial charge in [0, 0.05) is 18.6 Å². The zero-order valence-electron chi connectivity index (χ0n) is 14.2. The minimum Gasteiger partial charge on any atom is -0.497 e. The van der Waals surface area contributed by atoms with Crippen molar-refractivity contribution < 1.29 is 14.3 Å². The highest BCUT2D eigenvalue weighted by molar-refractivity contribution is 6.30. The van der Waals surface area contributed by atoms with Crippen LogP contribution in [0.1, 0.15) is 18.9 Å². The van der Waals surface area contributed by atoms with Gasteiger partial charge in [-0.1, -0.05) is 30.7 Å². The number of likely N-dealkylation sites (N-methyl/N-ethyl adjacent to an activating group) is 1. The number of benzene rings is 2. The molecule has 0 saturated carbocycles.